The standard InChI is InChI=1S/C11H20N2O3/c1-2-13-10(14)16-9-7-11(15-8-9)3-5-12-6-4-11/h9,12H,2-8H2,1H3,(H,13,14). The number of hydrogen-bond donors (Lipinski definition) is 2. The quantitative estimate of drug-likeness (QED) is 0.728. The lowest BCUT2D eigenvalue weighted by Gasteiger charge is -2.32. The van der Waals surface area contributed by atoms with Crippen LogP contribution in [0, 0.1) is 0 Å². The van der Waals surface area contributed by atoms with Crippen molar-refractivity contribution in [3.8, 4) is 0 Å². The van der Waals surface area contributed by atoms with Crippen molar-refractivity contribution in [2.75, 3.05) is 26.2 Å². The van der Waals surface area contributed by atoms with Crippen molar-refractivity contribution in [3.63, 3.8) is 0 Å². The average Bonchev–Trinajstić information content (AvgIpc) is 2.63. The molecule has 2 aliphatic heterocycles. The van der Waals surface area contributed by atoms with Gasteiger partial charge in [0.2, 0.25) is 0 Å². The molecule has 2 aliphatic rings. The van der Waals surface area contributed by atoms with Gasteiger partial charge in [0.1, 0.15) is 6.10 Å². The molecule has 2 saturated heterocycles. The zero-order valence-electron chi connectivity index (χ0n) is 9.75. The van der Waals surface area contributed by atoms with Gasteiger partial charge in [-0.25, -0.2) is 4.79 Å². The van der Waals surface area contributed by atoms with Crippen LogP contribution in [0.4, 0.5) is 4.79 Å². The maximum Gasteiger partial charge on any atom is 0.407 e. The van der Waals surface area contributed by atoms with Crippen LogP contribution in [0.5, 0.6) is 0 Å². The van der Waals surface area contributed by atoms with Crippen LogP contribution in [0.25, 0.3) is 0 Å². The van der Waals surface area contributed by atoms with E-state index in [0.29, 0.717) is 13.2 Å². The Labute approximate surface area is 95.9 Å². The maximum atomic E-state index is 11.3. The fraction of sp³-hybridized carbons (Fsp3) is 0.909. The second-order valence-corrected chi connectivity index (χ2v) is 4.51. The average molecular weight is 228 g/mol. The molecule has 5 heteroatoms. The molecule has 1 unspecified atom stereocenters. The molecule has 92 valence electrons. The molecule has 0 radical (unpaired) electrons. The zero-order valence-corrected chi connectivity index (χ0v) is 9.75. The molecule has 2 rings (SSSR count). The first-order valence-corrected chi connectivity index (χ1v) is 6.03. The summed E-state index contributed by atoms with van der Waals surface area (Å²) in [6.07, 6.45) is 2.46. The van der Waals surface area contributed by atoms with Crippen LogP contribution in [0.2, 0.25) is 0 Å². The van der Waals surface area contributed by atoms with Crippen LogP contribution in [0.1, 0.15) is 26.2 Å². The number of amides is 1. The van der Waals surface area contributed by atoms with Gasteiger partial charge < -0.3 is 20.1 Å². The van der Waals surface area contributed by atoms with Crippen LogP contribution in [-0.4, -0.2) is 44.0 Å². The highest BCUT2D eigenvalue weighted by Gasteiger charge is 2.42. The molecular weight excluding hydrogens is 208 g/mol. The second kappa shape index (κ2) is 5.01. The van der Waals surface area contributed by atoms with Crippen molar-refractivity contribution in [3.05, 3.63) is 0 Å². The van der Waals surface area contributed by atoms with E-state index in [1.807, 2.05) is 6.92 Å². The van der Waals surface area contributed by atoms with Gasteiger partial charge in [-0.05, 0) is 32.9 Å². The van der Waals surface area contributed by atoms with Crippen molar-refractivity contribution >= 4 is 6.09 Å². The van der Waals surface area contributed by atoms with Crippen molar-refractivity contribution in [2.24, 2.45) is 0 Å². The smallest absolute Gasteiger partial charge is 0.407 e. The lowest BCUT2D eigenvalue weighted by atomic mass is 9.89. The summed E-state index contributed by atoms with van der Waals surface area (Å²) in [7, 11) is 0. The van der Waals surface area contributed by atoms with Gasteiger partial charge in [0.25, 0.3) is 0 Å². The third-order valence-electron chi connectivity index (χ3n) is 3.28. The van der Waals surface area contributed by atoms with Gasteiger partial charge in [0.05, 0.1) is 12.2 Å². The van der Waals surface area contributed by atoms with E-state index in [0.717, 1.165) is 32.4 Å². The molecule has 0 aliphatic carbocycles. The predicted molar refractivity (Wildman–Crippen MR) is 59.3 cm³/mol. The normalized spacial score (nSPS) is 27.9. The highest BCUT2D eigenvalue weighted by molar-refractivity contribution is 5.67. The van der Waals surface area contributed by atoms with Gasteiger partial charge in [0.15, 0.2) is 0 Å². The first-order chi connectivity index (χ1) is 7.74. The minimum atomic E-state index is -0.331. The van der Waals surface area contributed by atoms with Crippen molar-refractivity contribution in [2.45, 2.75) is 37.9 Å². The third-order valence-corrected chi connectivity index (χ3v) is 3.28. The Morgan fingerprint density at radius 1 is 1.56 bits per heavy atom. The Kier molecular flexibility index (Phi) is 3.66. The Hall–Kier alpha value is -0.810. The Balaban J connectivity index is 1.80. The van der Waals surface area contributed by atoms with E-state index in [4.69, 9.17) is 9.47 Å². The number of hydrogen-bond acceptors (Lipinski definition) is 4. The molecule has 1 atom stereocenters. The lowest BCUT2D eigenvalue weighted by molar-refractivity contribution is -0.0212. The SMILES string of the molecule is CCNC(=O)OC1COC2(CCNCC2)C1. The number of nitrogens with one attached hydrogen (secondary N) is 2. The predicted octanol–water partition coefficient (Wildman–Crippen LogP) is 0.644. The summed E-state index contributed by atoms with van der Waals surface area (Å²) in [4.78, 5) is 11.3. The fourth-order valence-corrected chi connectivity index (χ4v) is 2.45. The van der Waals surface area contributed by atoms with E-state index >= 15 is 0 Å². The summed E-state index contributed by atoms with van der Waals surface area (Å²) in [6, 6.07) is 0. The monoisotopic (exact) mass is 228 g/mol. The summed E-state index contributed by atoms with van der Waals surface area (Å²) in [5.41, 5.74) is -0.0393. The van der Waals surface area contributed by atoms with Crippen LogP contribution in [0.3, 0.4) is 0 Å². The molecule has 5 nitrogen and oxygen atoms in total. The maximum absolute atomic E-state index is 11.3. The Morgan fingerprint density at radius 2 is 2.31 bits per heavy atom. The fourth-order valence-electron chi connectivity index (χ4n) is 2.45. The van der Waals surface area contributed by atoms with E-state index in [1.165, 1.54) is 0 Å². The number of ether oxygens (including phenoxy) is 2. The summed E-state index contributed by atoms with van der Waals surface area (Å²) >= 11 is 0. The van der Waals surface area contributed by atoms with E-state index < -0.39 is 0 Å². The minimum Gasteiger partial charge on any atom is -0.444 e. The number of alkyl carbamates (subject to hydrolysis) is 1. The van der Waals surface area contributed by atoms with Gasteiger partial charge >= 0.3 is 6.09 Å². The van der Waals surface area contributed by atoms with Gasteiger partial charge in [-0.3, -0.25) is 0 Å². The number of carbonyl (C=O) groups excluding carboxylic acids is 1. The Morgan fingerprint density at radius 3 is 3.00 bits per heavy atom. The van der Waals surface area contributed by atoms with E-state index in [2.05, 4.69) is 10.6 Å². The molecule has 0 saturated carbocycles. The number of rotatable bonds is 2. The molecule has 0 aromatic rings. The molecule has 1 amide bonds. The van der Waals surface area contributed by atoms with E-state index in [9.17, 15) is 4.79 Å². The highest BCUT2D eigenvalue weighted by atomic mass is 16.6. The first-order valence-electron chi connectivity index (χ1n) is 6.03. The summed E-state index contributed by atoms with van der Waals surface area (Å²) < 4.78 is 11.1. The van der Waals surface area contributed by atoms with Crippen LogP contribution in [0.15, 0.2) is 0 Å². The topological polar surface area (TPSA) is 59.6 Å². The molecular formula is C11H20N2O3. The first kappa shape index (κ1) is 11.7. The van der Waals surface area contributed by atoms with Crippen molar-refractivity contribution in [1.29, 1.82) is 0 Å². The van der Waals surface area contributed by atoms with Crippen LogP contribution in [-0.2, 0) is 9.47 Å². The number of carbonyl (C=O) groups is 1. The van der Waals surface area contributed by atoms with Gasteiger partial charge in [-0.2, -0.15) is 0 Å². The number of piperidine rings is 1. The third kappa shape index (κ3) is 2.65. The molecule has 0 aromatic carbocycles. The second-order valence-electron chi connectivity index (χ2n) is 4.51. The molecule has 2 fully saturated rings. The van der Waals surface area contributed by atoms with E-state index in [1.54, 1.807) is 0 Å². The molecule has 2 heterocycles. The van der Waals surface area contributed by atoms with Crippen LogP contribution >= 0.6 is 0 Å². The van der Waals surface area contributed by atoms with Crippen molar-refractivity contribution in [1.82, 2.24) is 10.6 Å². The zero-order chi connectivity index (χ0) is 11.4. The molecule has 1 spiro atoms. The van der Waals surface area contributed by atoms with Crippen LogP contribution < -0.4 is 10.6 Å². The lowest BCUT2D eigenvalue weighted by Crippen LogP contribution is -2.41. The molecule has 0 bridgehead atoms. The highest BCUT2D eigenvalue weighted by Crippen LogP contribution is 2.35. The summed E-state index contributed by atoms with van der Waals surface area (Å²) in [6.45, 7) is 5.00. The molecule has 16 heavy (non-hydrogen) atoms. The summed E-state index contributed by atoms with van der Waals surface area (Å²) in [5, 5.41) is 5.95. The van der Waals surface area contributed by atoms with Gasteiger partial charge in [0, 0.05) is 13.0 Å². The van der Waals surface area contributed by atoms with E-state index in [-0.39, 0.29) is 17.8 Å². The van der Waals surface area contributed by atoms with Gasteiger partial charge in [-0.15, -0.1) is 0 Å². The Bertz CT molecular complexity index is 252. The minimum absolute atomic E-state index is 0.0393. The van der Waals surface area contributed by atoms with Crippen molar-refractivity contribution < 1.29 is 14.3 Å². The molecule has 2 N–H and O–H groups in total. The largest absolute Gasteiger partial charge is 0.444 e. The van der Waals surface area contributed by atoms with Gasteiger partial charge in [-0.1, -0.05) is 0 Å². The summed E-state index contributed by atoms with van der Waals surface area (Å²) in [5.74, 6) is 0. The molecule has 0 aromatic heterocycles.